The van der Waals surface area contributed by atoms with Gasteiger partial charge < -0.3 is 11.1 Å². The van der Waals surface area contributed by atoms with E-state index < -0.39 is 10.8 Å². The lowest BCUT2D eigenvalue weighted by atomic mass is 10.3. The predicted molar refractivity (Wildman–Crippen MR) is 59.4 cm³/mol. The van der Waals surface area contributed by atoms with E-state index in [9.17, 15) is 9.00 Å². The second-order valence-corrected chi connectivity index (χ2v) is 5.11. The van der Waals surface area contributed by atoms with Crippen molar-refractivity contribution in [3.8, 4) is 0 Å². The van der Waals surface area contributed by atoms with Crippen LogP contribution in [0.25, 0.3) is 0 Å². The predicted octanol–water partition coefficient (Wildman–Crippen LogP) is -0.00300. The Balaban J connectivity index is 3.77. The number of hydrogen-bond acceptors (Lipinski definition) is 3. The SMILES string of the molecule is CCC(C)NC(=O)CS(=O)CC(C)N. The molecule has 0 rings (SSSR count). The molecule has 0 aliphatic rings. The molecule has 0 spiro atoms. The number of nitrogens with two attached hydrogens (primary N) is 1. The Labute approximate surface area is 88.1 Å². The number of amides is 1. The summed E-state index contributed by atoms with van der Waals surface area (Å²) in [4.78, 5) is 11.3. The zero-order valence-corrected chi connectivity index (χ0v) is 9.89. The summed E-state index contributed by atoms with van der Waals surface area (Å²) in [6.45, 7) is 5.70. The zero-order chi connectivity index (χ0) is 11.1. The number of carbonyl (C=O) groups excluding carboxylic acids is 1. The fourth-order valence-electron chi connectivity index (χ4n) is 0.917. The van der Waals surface area contributed by atoms with Crippen molar-refractivity contribution in [1.29, 1.82) is 0 Å². The van der Waals surface area contributed by atoms with E-state index in [4.69, 9.17) is 5.73 Å². The third-order valence-corrected chi connectivity index (χ3v) is 3.24. The second kappa shape index (κ2) is 6.95. The van der Waals surface area contributed by atoms with Crippen molar-refractivity contribution in [1.82, 2.24) is 5.32 Å². The van der Waals surface area contributed by atoms with Gasteiger partial charge in [-0.3, -0.25) is 9.00 Å². The molecule has 0 saturated carbocycles. The summed E-state index contributed by atoms with van der Waals surface area (Å²) in [6.07, 6.45) is 0.881. The highest BCUT2D eigenvalue weighted by molar-refractivity contribution is 7.85. The minimum atomic E-state index is -1.14. The molecule has 0 aliphatic carbocycles. The van der Waals surface area contributed by atoms with Crippen LogP contribution in [0.3, 0.4) is 0 Å². The standard InChI is InChI=1S/C9H20N2O2S/c1-4-8(3)11-9(12)6-14(13)5-7(2)10/h7-8H,4-6,10H2,1-3H3,(H,11,12). The average molecular weight is 220 g/mol. The minimum absolute atomic E-state index is 0.0614. The van der Waals surface area contributed by atoms with E-state index in [1.54, 1.807) is 6.92 Å². The number of nitrogens with one attached hydrogen (secondary N) is 1. The maximum absolute atomic E-state index is 11.3. The van der Waals surface area contributed by atoms with E-state index in [1.807, 2.05) is 13.8 Å². The fourth-order valence-corrected chi connectivity index (χ4v) is 2.00. The summed E-state index contributed by atoms with van der Waals surface area (Å²) in [5, 5.41) is 2.76. The van der Waals surface area contributed by atoms with Gasteiger partial charge in [0.05, 0.1) is 0 Å². The maximum atomic E-state index is 11.3. The number of hydrogen-bond donors (Lipinski definition) is 2. The first-order valence-electron chi connectivity index (χ1n) is 4.85. The molecule has 3 N–H and O–H groups in total. The zero-order valence-electron chi connectivity index (χ0n) is 9.08. The van der Waals surface area contributed by atoms with Crippen molar-refractivity contribution in [3.05, 3.63) is 0 Å². The van der Waals surface area contributed by atoms with Crippen molar-refractivity contribution in [2.24, 2.45) is 5.73 Å². The van der Waals surface area contributed by atoms with E-state index in [1.165, 1.54) is 0 Å². The lowest BCUT2D eigenvalue weighted by Gasteiger charge is -2.11. The molecule has 3 unspecified atom stereocenters. The van der Waals surface area contributed by atoms with Crippen LogP contribution >= 0.6 is 0 Å². The first-order chi connectivity index (χ1) is 6.45. The smallest absolute Gasteiger partial charge is 0.232 e. The lowest BCUT2D eigenvalue weighted by Crippen LogP contribution is -2.36. The molecule has 1 amide bonds. The average Bonchev–Trinajstić information content (AvgIpc) is 2.01. The maximum Gasteiger partial charge on any atom is 0.232 e. The van der Waals surface area contributed by atoms with Gasteiger partial charge in [-0.2, -0.15) is 0 Å². The molecule has 0 aliphatic heterocycles. The molecule has 5 heteroatoms. The van der Waals surface area contributed by atoms with Gasteiger partial charge in [0.25, 0.3) is 0 Å². The molecular weight excluding hydrogens is 200 g/mol. The van der Waals surface area contributed by atoms with Gasteiger partial charge in [0.1, 0.15) is 5.75 Å². The summed E-state index contributed by atoms with van der Waals surface area (Å²) in [7, 11) is -1.14. The van der Waals surface area contributed by atoms with Crippen LogP contribution in [0.2, 0.25) is 0 Å². The quantitative estimate of drug-likeness (QED) is 0.661. The molecule has 0 aromatic carbocycles. The van der Waals surface area contributed by atoms with Gasteiger partial charge in [-0.15, -0.1) is 0 Å². The molecule has 0 radical (unpaired) electrons. The Morgan fingerprint density at radius 3 is 2.50 bits per heavy atom. The van der Waals surface area contributed by atoms with Crippen molar-refractivity contribution < 1.29 is 9.00 Å². The van der Waals surface area contributed by atoms with Gasteiger partial charge in [0, 0.05) is 28.6 Å². The molecule has 3 atom stereocenters. The van der Waals surface area contributed by atoms with Crippen LogP contribution in [0.15, 0.2) is 0 Å². The van der Waals surface area contributed by atoms with Crippen LogP contribution in [-0.2, 0) is 15.6 Å². The van der Waals surface area contributed by atoms with E-state index in [0.717, 1.165) is 6.42 Å². The highest BCUT2D eigenvalue weighted by Crippen LogP contribution is 1.90. The third-order valence-electron chi connectivity index (χ3n) is 1.76. The van der Waals surface area contributed by atoms with Gasteiger partial charge in [0.15, 0.2) is 0 Å². The summed E-state index contributed by atoms with van der Waals surface area (Å²) >= 11 is 0. The summed E-state index contributed by atoms with van der Waals surface area (Å²) in [5.74, 6) is 0.290. The van der Waals surface area contributed by atoms with Gasteiger partial charge >= 0.3 is 0 Å². The molecular formula is C9H20N2O2S. The van der Waals surface area contributed by atoms with Crippen LogP contribution in [0.5, 0.6) is 0 Å². The van der Waals surface area contributed by atoms with Gasteiger partial charge in [0.2, 0.25) is 5.91 Å². The van der Waals surface area contributed by atoms with Crippen LogP contribution in [0.1, 0.15) is 27.2 Å². The Morgan fingerprint density at radius 2 is 2.07 bits per heavy atom. The van der Waals surface area contributed by atoms with Crippen molar-refractivity contribution >= 4 is 16.7 Å². The largest absolute Gasteiger partial charge is 0.353 e. The molecule has 0 fully saturated rings. The highest BCUT2D eigenvalue weighted by Gasteiger charge is 2.11. The Kier molecular flexibility index (Phi) is 6.74. The topological polar surface area (TPSA) is 72.2 Å². The van der Waals surface area contributed by atoms with Crippen LogP contribution in [0.4, 0.5) is 0 Å². The van der Waals surface area contributed by atoms with Crippen LogP contribution in [-0.4, -0.2) is 33.7 Å². The monoisotopic (exact) mass is 220 g/mol. The van der Waals surface area contributed by atoms with E-state index in [-0.39, 0.29) is 23.7 Å². The molecule has 0 heterocycles. The van der Waals surface area contributed by atoms with Crippen LogP contribution < -0.4 is 11.1 Å². The summed E-state index contributed by atoms with van der Waals surface area (Å²) < 4.78 is 11.3. The van der Waals surface area contributed by atoms with E-state index in [0.29, 0.717) is 5.75 Å². The normalized spacial score (nSPS) is 17.1. The minimum Gasteiger partial charge on any atom is -0.353 e. The Bertz CT molecular complexity index is 207. The molecule has 14 heavy (non-hydrogen) atoms. The van der Waals surface area contributed by atoms with Crippen LogP contribution in [0, 0.1) is 0 Å². The first kappa shape index (κ1) is 13.6. The fraction of sp³-hybridized carbons (Fsp3) is 0.889. The van der Waals surface area contributed by atoms with Gasteiger partial charge in [-0.25, -0.2) is 0 Å². The Hall–Kier alpha value is -0.420. The number of rotatable bonds is 6. The van der Waals surface area contributed by atoms with Gasteiger partial charge in [-0.05, 0) is 20.3 Å². The third kappa shape index (κ3) is 7.03. The van der Waals surface area contributed by atoms with Crippen molar-refractivity contribution in [2.45, 2.75) is 39.3 Å². The molecule has 0 saturated heterocycles. The van der Waals surface area contributed by atoms with E-state index in [2.05, 4.69) is 5.32 Å². The van der Waals surface area contributed by atoms with Crippen molar-refractivity contribution in [2.75, 3.05) is 11.5 Å². The van der Waals surface area contributed by atoms with Gasteiger partial charge in [-0.1, -0.05) is 6.92 Å². The summed E-state index contributed by atoms with van der Waals surface area (Å²) in [6, 6.07) is 0.0297. The van der Waals surface area contributed by atoms with Crippen molar-refractivity contribution in [3.63, 3.8) is 0 Å². The molecule has 84 valence electrons. The lowest BCUT2D eigenvalue weighted by molar-refractivity contribution is -0.119. The van der Waals surface area contributed by atoms with E-state index >= 15 is 0 Å². The first-order valence-corrected chi connectivity index (χ1v) is 6.34. The summed E-state index contributed by atoms with van der Waals surface area (Å²) in [5.41, 5.74) is 5.47. The highest BCUT2D eigenvalue weighted by atomic mass is 32.2. The second-order valence-electron chi connectivity index (χ2n) is 3.60. The molecule has 0 aromatic heterocycles. The Morgan fingerprint density at radius 1 is 1.50 bits per heavy atom. The molecule has 4 nitrogen and oxygen atoms in total. The molecule has 0 bridgehead atoms. The number of carbonyl (C=O) groups is 1. The molecule has 0 aromatic rings.